The maximum atomic E-state index is 12.3. The van der Waals surface area contributed by atoms with Gasteiger partial charge in [0.05, 0.1) is 12.4 Å². The number of Topliss-reactive ketones (excluding diaryl/α,β-unsaturated/α-hetero) is 1. The van der Waals surface area contributed by atoms with Crippen LogP contribution in [0, 0.1) is 13.8 Å². The van der Waals surface area contributed by atoms with Crippen LogP contribution in [-0.2, 0) is 11.2 Å². The molecule has 1 heterocycles. The zero-order valence-electron chi connectivity index (χ0n) is 15.8. The molecule has 0 aliphatic rings. The van der Waals surface area contributed by atoms with Gasteiger partial charge in [-0.3, -0.25) is 9.89 Å². The van der Waals surface area contributed by atoms with E-state index in [1.165, 1.54) is 22.9 Å². The molecule has 0 bridgehead atoms. The first-order valence-corrected chi connectivity index (χ1v) is 9.89. The van der Waals surface area contributed by atoms with Crippen LogP contribution >= 0.6 is 11.8 Å². The van der Waals surface area contributed by atoms with Crippen molar-refractivity contribution >= 4 is 17.5 Å². The molecule has 0 unspecified atom stereocenters. The van der Waals surface area contributed by atoms with Crippen molar-refractivity contribution in [2.75, 3.05) is 12.4 Å². The van der Waals surface area contributed by atoms with Crippen molar-refractivity contribution in [2.24, 2.45) is 0 Å². The molecule has 5 nitrogen and oxygen atoms in total. The highest BCUT2D eigenvalue weighted by atomic mass is 32.2. The fourth-order valence-electron chi connectivity index (χ4n) is 2.91. The van der Waals surface area contributed by atoms with Gasteiger partial charge in [-0.05, 0) is 50.6 Å². The Balaban J connectivity index is 1.56. The highest BCUT2D eigenvalue weighted by Crippen LogP contribution is 2.22. The SMILES string of the molecule is CCOc1ccc(-c2nc(SCC(=O)Cc3cc(C)cc(C)c3)n[nH]2)cc1. The largest absolute Gasteiger partial charge is 0.494 e. The Labute approximate surface area is 163 Å². The number of benzene rings is 2. The topological polar surface area (TPSA) is 67.9 Å². The molecule has 0 aliphatic carbocycles. The first-order chi connectivity index (χ1) is 13.0. The van der Waals surface area contributed by atoms with E-state index >= 15 is 0 Å². The second-order valence-corrected chi connectivity index (χ2v) is 7.37. The fourth-order valence-corrected chi connectivity index (χ4v) is 3.57. The van der Waals surface area contributed by atoms with E-state index in [-0.39, 0.29) is 5.78 Å². The van der Waals surface area contributed by atoms with Crippen LogP contribution in [0.2, 0.25) is 0 Å². The molecule has 0 spiro atoms. The number of aromatic amines is 1. The minimum absolute atomic E-state index is 0.164. The normalized spacial score (nSPS) is 10.8. The quantitative estimate of drug-likeness (QED) is 0.586. The predicted octanol–water partition coefficient (Wildman–Crippen LogP) is 4.39. The van der Waals surface area contributed by atoms with E-state index in [2.05, 4.69) is 33.4 Å². The Morgan fingerprint density at radius 3 is 2.48 bits per heavy atom. The molecule has 27 heavy (non-hydrogen) atoms. The Morgan fingerprint density at radius 1 is 1.11 bits per heavy atom. The third kappa shape index (κ3) is 5.44. The first kappa shape index (κ1) is 19.2. The summed E-state index contributed by atoms with van der Waals surface area (Å²) in [5, 5.41) is 7.71. The average molecular weight is 382 g/mol. The lowest BCUT2D eigenvalue weighted by atomic mass is 10.0. The Hall–Kier alpha value is -2.60. The lowest BCUT2D eigenvalue weighted by Crippen LogP contribution is -2.06. The molecule has 0 aliphatic heterocycles. The second-order valence-electron chi connectivity index (χ2n) is 6.42. The minimum atomic E-state index is 0.164. The van der Waals surface area contributed by atoms with Crippen molar-refractivity contribution in [2.45, 2.75) is 32.3 Å². The van der Waals surface area contributed by atoms with Crippen LogP contribution in [0.15, 0.2) is 47.6 Å². The van der Waals surface area contributed by atoms with Gasteiger partial charge in [0, 0.05) is 12.0 Å². The summed E-state index contributed by atoms with van der Waals surface area (Å²) in [6, 6.07) is 13.9. The Bertz CT molecular complexity index is 899. The molecule has 6 heteroatoms. The number of hydrogen-bond acceptors (Lipinski definition) is 5. The number of ketones is 1. The lowest BCUT2D eigenvalue weighted by Gasteiger charge is -2.04. The first-order valence-electron chi connectivity index (χ1n) is 8.91. The number of rotatable bonds is 8. The van der Waals surface area contributed by atoms with Gasteiger partial charge in [-0.15, -0.1) is 5.10 Å². The number of aromatic nitrogens is 3. The Morgan fingerprint density at radius 2 is 1.81 bits per heavy atom. The van der Waals surface area contributed by atoms with Crippen molar-refractivity contribution < 1.29 is 9.53 Å². The van der Waals surface area contributed by atoms with Crippen LogP contribution < -0.4 is 4.74 Å². The number of H-pyrrole nitrogens is 1. The molecule has 0 saturated carbocycles. The van der Waals surface area contributed by atoms with Crippen LogP contribution in [0.25, 0.3) is 11.4 Å². The molecule has 0 amide bonds. The molecular weight excluding hydrogens is 358 g/mol. The number of nitrogens with one attached hydrogen (secondary N) is 1. The van der Waals surface area contributed by atoms with Crippen LogP contribution in [0.1, 0.15) is 23.6 Å². The van der Waals surface area contributed by atoms with Crippen LogP contribution in [0.5, 0.6) is 5.75 Å². The number of thioether (sulfide) groups is 1. The van der Waals surface area contributed by atoms with Gasteiger partial charge in [-0.2, -0.15) is 0 Å². The highest BCUT2D eigenvalue weighted by molar-refractivity contribution is 7.99. The van der Waals surface area contributed by atoms with E-state index in [4.69, 9.17) is 4.74 Å². The van der Waals surface area contributed by atoms with Crippen LogP contribution in [-0.4, -0.2) is 33.3 Å². The van der Waals surface area contributed by atoms with Crippen molar-refractivity contribution in [1.82, 2.24) is 15.2 Å². The summed E-state index contributed by atoms with van der Waals surface area (Å²) < 4.78 is 5.44. The molecule has 3 aromatic rings. The molecule has 3 rings (SSSR count). The number of nitrogens with zero attached hydrogens (tertiary/aromatic N) is 2. The van der Waals surface area contributed by atoms with Crippen molar-refractivity contribution in [1.29, 1.82) is 0 Å². The molecule has 140 valence electrons. The lowest BCUT2D eigenvalue weighted by molar-refractivity contribution is -0.116. The minimum Gasteiger partial charge on any atom is -0.494 e. The molecule has 0 fully saturated rings. The van der Waals surface area contributed by atoms with Crippen molar-refractivity contribution in [3.05, 3.63) is 59.2 Å². The van der Waals surface area contributed by atoms with Crippen molar-refractivity contribution in [3.8, 4) is 17.1 Å². The molecule has 1 aromatic heterocycles. The van der Waals surface area contributed by atoms with Crippen molar-refractivity contribution in [3.63, 3.8) is 0 Å². The zero-order chi connectivity index (χ0) is 19.2. The summed E-state index contributed by atoms with van der Waals surface area (Å²) >= 11 is 1.36. The molecule has 0 radical (unpaired) electrons. The van der Waals surface area contributed by atoms with Gasteiger partial charge in [0.25, 0.3) is 0 Å². The molecule has 0 atom stereocenters. The molecule has 0 saturated heterocycles. The summed E-state index contributed by atoms with van der Waals surface area (Å²) in [6.45, 7) is 6.69. The monoisotopic (exact) mass is 381 g/mol. The Kier molecular flexibility index (Phi) is 6.29. The maximum absolute atomic E-state index is 12.3. The number of ether oxygens (including phenoxy) is 1. The van der Waals surface area contributed by atoms with Gasteiger partial charge in [-0.25, -0.2) is 4.98 Å². The molecular formula is C21H23N3O2S. The van der Waals surface area contributed by atoms with E-state index in [1.807, 2.05) is 45.0 Å². The second kappa shape index (κ2) is 8.86. The summed E-state index contributed by atoms with van der Waals surface area (Å²) in [4.78, 5) is 16.8. The number of aryl methyl sites for hydroxylation is 2. The van der Waals surface area contributed by atoms with E-state index in [0.29, 0.717) is 29.8 Å². The zero-order valence-corrected chi connectivity index (χ0v) is 16.6. The predicted molar refractivity (Wildman–Crippen MR) is 108 cm³/mol. The average Bonchev–Trinajstić information content (AvgIpc) is 3.09. The standard InChI is InChI=1S/C21H23N3O2S/c1-4-26-19-7-5-17(6-8-19)20-22-21(24-23-20)27-13-18(25)12-16-10-14(2)9-15(3)11-16/h5-11H,4,12-13H2,1-3H3,(H,22,23,24). The third-order valence-electron chi connectivity index (χ3n) is 3.95. The van der Waals surface area contributed by atoms with Gasteiger partial charge in [0.15, 0.2) is 5.82 Å². The van der Waals surface area contributed by atoms with Gasteiger partial charge < -0.3 is 4.74 Å². The van der Waals surface area contributed by atoms with Gasteiger partial charge >= 0.3 is 0 Å². The summed E-state index contributed by atoms with van der Waals surface area (Å²) in [5.41, 5.74) is 4.35. The van der Waals surface area contributed by atoms with E-state index in [9.17, 15) is 4.79 Å². The fraction of sp³-hybridized carbons (Fsp3) is 0.286. The van der Waals surface area contributed by atoms with Crippen LogP contribution in [0.4, 0.5) is 0 Å². The summed E-state index contributed by atoms with van der Waals surface area (Å²) in [7, 11) is 0. The highest BCUT2D eigenvalue weighted by Gasteiger charge is 2.10. The summed E-state index contributed by atoms with van der Waals surface area (Å²) in [5.74, 6) is 2.03. The van der Waals surface area contributed by atoms with E-state index < -0.39 is 0 Å². The smallest absolute Gasteiger partial charge is 0.209 e. The van der Waals surface area contributed by atoms with Crippen LogP contribution in [0.3, 0.4) is 0 Å². The summed E-state index contributed by atoms with van der Waals surface area (Å²) in [6.07, 6.45) is 0.436. The third-order valence-corrected chi connectivity index (χ3v) is 4.86. The van der Waals surface area contributed by atoms with Gasteiger partial charge in [0.1, 0.15) is 11.5 Å². The maximum Gasteiger partial charge on any atom is 0.209 e. The van der Waals surface area contributed by atoms with Gasteiger partial charge in [-0.1, -0.05) is 41.1 Å². The number of carbonyl (C=O) groups excluding carboxylic acids is 1. The van der Waals surface area contributed by atoms with E-state index in [0.717, 1.165) is 16.9 Å². The van der Waals surface area contributed by atoms with E-state index in [1.54, 1.807) is 0 Å². The van der Waals surface area contributed by atoms with Gasteiger partial charge in [0.2, 0.25) is 5.16 Å². The molecule has 2 aromatic carbocycles. The molecule has 1 N–H and O–H groups in total. The number of hydrogen-bond donors (Lipinski definition) is 1. The number of carbonyl (C=O) groups is 1.